The molecule has 2 aromatic rings. The molecule has 8 heteroatoms. The first kappa shape index (κ1) is 24.4. The van der Waals surface area contributed by atoms with Crippen molar-refractivity contribution in [2.24, 2.45) is 0 Å². The lowest BCUT2D eigenvalue weighted by molar-refractivity contribution is -0.140. The molecule has 2 aromatic carbocycles. The van der Waals surface area contributed by atoms with Crippen LogP contribution < -0.4 is 9.62 Å². The molecule has 0 aromatic heterocycles. The molecule has 0 aliphatic heterocycles. The fourth-order valence-electron chi connectivity index (χ4n) is 3.30. The predicted octanol–water partition coefficient (Wildman–Crippen LogP) is 2.62. The minimum Gasteiger partial charge on any atom is -0.357 e. The quantitative estimate of drug-likeness (QED) is 0.643. The highest BCUT2D eigenvalue weighted by molar-refractivity contribution is 7.92. The summed E-state index contributed by atoms with van der Waals surface area (Å²) in [5, 5.41) is 2.60. The van der Waals surface area contributed by atoms with Crippen LogP contribution in [0.4, 0.5) is 5.69 Å². The molecule has 0 heterocycles. The lowest BCUT2D eigenvalue weighted by atomic mass is 10.1. The van der Waals surface area contributed by atoms with Gasteiger partial charge < -0.3 is 10.2 Å². The third-order valence-corrected chi connectivity index (χ3v) is 6.25. The van der Waals surface area contributed by atoms with Crippen molar-refractivity contribution in [1.82, 2.24) is 10.2 Å². The van der Waals surface area contributed by atoms with E-state index in [4.69, 9.17) is 0 Å². The van der Waals surface area contributed by atoms with Crippen molar-refractivity contribution in [2.45, 2.75) is 39.8 Å². The van der Waals surface area contributed by atoms with E-state index in [1.54, 1.807) is 24.3 Å². The molecule has 2 rings (SSSR count). The number of carbonyl (C=O) groups excluding carboxylic acids is 2. The first-order chi connectivity index (χ1) is 14.6. The second-order valence-corrected chi connectivity index (χ2v) is 9.56. The van der Waals surface area contributed by atoms with Gasteiger partial charge in [-0.25, -0.2) is 8.42 Å². The molecule has 31 heavy (non-hydrogen) atoms. The standard InChI is InChI=1S/C23H31N3O4S/c1-6-21(23(28)24-4)25(15-19-11-7-17(2)8-12-19)22(27)16-26(31(5,29)30)20-13-9-18(3)10-14-20/h7-14,21H,6,15-16H2,1-5H3,(H,24,28)/t21-/m0/s1. The van der Waals surface area contributed by atoms with Gasteiger partial charge in [-0.15, -0.1) is 0 Å². The highest BCUT2D eigenvalue weighted by Crippen LogP contribution is 2.20. The molecule has 0 bridgehead atoms. The zero-order valence-corrected chi connectivity index (χ0v) is 19.6. The summed E-state index contributed by atoms with van der Waals surface area (Å²) in [6.07, 6.45) is 1.47. The van der Waals surface area contributed by atoms with Gasteiger partial charge in [0.1, 0.15) is 12.6 Å². The molecule has 0 saturated carbocycles. The maximum Gasteiger partial charge on any atom is 0.244 e. The van der Waals surface area contributed by atoms with Gasteiger partial charge in [0.2, 0.25) is 21.8 Å². The number of aryl methyl sites for hydroxylation is 2. The molecule has 0 unspecified atom stereocenters. The fraction of sp³-hybridized carbons (Fsp3) is 0.391. The third kappa shape index (κ3) is 6.55. The number of likely N-dealkylation sites (N-methyl/N-ethyl adjacent to an activating group) is 1. The van der Waals surface area contributed by atoms with Crippen LogP contribution in [-0.2, 0) is 26.2 Å². The zero-order valence-electron chi connectivity index (χ0n) is 18.8. The highest BCUT2D eigenvalue weighted by atomic mass is 32.2. The first-order valence-electron chi connectivity index (χ1n) is 10.2. The van der Waals surface area contributed by atoms with E-state index in [0.717, 1.165) is 27.3 Å². The molecule has 168 valence electrons. The number of hydrogen-bond acceptors (Lipinski definition) is 4. The van der Waals surface area contributed by atoms with E-state index in [-0.39, 0.29) is 19.0 Å². The van der Waals surface area contributed by atoms with Gasteiger partial charge in [0.25, 0.3) is 0 Å². The number of hydrogen-bond donors (Lipinski definition) is 1. The maximum atomic E-state index is 13.4. The third-order valence-electron chi connectivity index (χ3n) is 5.11. The van der Waals surface area contributed by atoms with Crippen LogP contribution in [0, 0.1) is 13.8 Å². The minimum absolute atomic E-state index is 0.205. The molecule has 1 atom stereocenters. The van der Waals surface area contributed by atoms with E-state index in [9.17, 15) is 18.0 Å². The van der Waals surface area contributed by atoms with Crippen molar-refractivity contribution in [1.29, 1.82) is 0 Å². The summed E-state index contributed by atoms with van der Waals surface area (Å²) >= 11 is 0. The Hall–Kier alpha value is -2.87. The summed E-state index contributed by atoms with van der Waals surface area (Å²) in [6, 6.07) is 13.9. The largest absolute Gasteiger partial charge is 0.357 e. The van der Waals surface area contributed by atoms with Crippen LogP contribution in [0.3, 0.4) is 0 Å². The van der Waals surface area contributed by atoms with Crippen LogP contribution in [0.1, 0.15) is 30.0 Å². The molecule has 1 N–H and O–H groups in total. The molecular weight excluding hydrogens is 414 g/mol. The predicted molar refractivity (Wildman–Crippen MR) is 123 cm³/mol. The van der Waals surface area contributed by atoms with Crippen LogP contribution in [0.2, 0.25) is 0 Å². The molecule has 0 aliphatic carbocycles. The number of benzene rings is 2. The Morgan fingerprint density at radius 2 is 1.48 bits per heavy atom. The Bertz CT molecular complexity index is 1000. The van der Waals surface area contributed by atoms with Crippen molar-refractivity contribution in [2.75, 3.05) is 24.2 Å². The van der Waals surface area contributed by atoms with Gasteiger partial charge in [0.15, 0.2) is 0 Å². The van der Waals surface area contributed by atoms with Crippen molar-refractivity contribution in [3.8, 4) is 0 Å². The van der Waals surface area contributed by atoms with Crippen molar-refractivity contribution in [3.05, 3.63) is 65.2 Å². The number of carbonyl (C=O) groups is 2. The van der Waals surface area contributed by atoms with E-state index >= 15 is 0 Å². The lowest BCUT2D eigenvalue weighted by Gasteiger charge is -2.32. The average molecular weight is 446 g/mol. The number of nitrogens with zero attached hydrogens (tertiary/aromatic N) is 2. The molecule has 0 aliphatic rings. The number of sulfonamides is 1. The van der Waals surface area contributed by atoms with Crippen LogP contribution >= 0.6 is 0 Å². The summed E-state index contributed by atoms with van der Waals surface area (Å²) < 4.78 is 26.0. The summed E-state index contributed by atoms with van der Waals surface area (Å²) in [4.78, 5) is 27.3. The Kier molecular flexibility index (Phi) is 8.21. The normalized spacial score (nSPS) is 12.2. The van der Waals surface area contributed by atoms with Crippen LogP contribution in [0.5, 0.6) is 0 Å². The lowest BCUT2D eigenvalue weighted by Crippen LogP contribution is -2.51. The van der Waals surface area contributed by atoms with Crippen molar-refractivity contribution >= 4 is 27.5 Å². The Morgan fingerprint density at radius 3 is 1.94 bits per heavy atom. The second kappa shape index (κ2) is 10.4. The molecule has 0 saturated heterocycles. The number of amides is 2. The molecule has 7 nitrogen and oxygen atoms in total. The summed E-state index contributed by atoms with van der Waals surface area (Å²) in [5.74, 6) is -0.730. The van der Waals surface area contributed by atoms with Crippen LogP contribution in [0.15, 0.2) is 48.5 Å². The summed E-state index contributed by atoms with van der Waals surface area (Å²) in [7, 11) is -2.19. The first-order valence-corrected chi connectivity index (χ1v) is 12.0. The fourth-order valence-corrected chi connectivity index (χ4v) is 4.15. The van der Waals surface area contributed by atoms with Gasteiger partial charge in [0, 0.05) is 13.6 Å². The maximum absolute atomic E-state index is 13.4. The Morgan fingerprint density at radius 1 is 0.968 bits per heavy atom. The van der Waals surface area contributed by atoms with Crippen molar-refractivity contribution < 1.29 is 18.0 Å². The van der Waals surface area contributed by atoms with Crippen LogP contribution in [0.25, 0.3) is 0 Å². The molecule has 0 fully saturated rings. The highest BCUT2D eigenvalue weighted by Gasteiger charge is 2.31. The molecular formula is C23H31N3O4S. The molecule has 0 radical (unpaired) electrons. The molecule has 0 spiro atoms. The summed E-state index contributed by atoms with van der Waals surface area (Å²) in [6.45, 7) is 5.51. The molecule has 2 amide bonds. The minimum atomic E-state index is -3.71. The number of anilines is 1. The zero-order chi connectivity index (χ0) is 23.2. The summed E-state index contributed by atoms with van der Waals surface area (Å²) in [5.41, 5.74) is 3.34. The Balaban J connectivity index is 2.40. The van der Waals surface area contributed by atoms with Gasteiger partial charge in [0.05, 0.1) is 11.9 Å². The van der Waals surface area contributed by atoms with E-state index < -0.39 is 22.0 Å². The van der Waals surface area contributed by atoms with Gasteiger partial charge in [-0.05, 0) is 38.0 Å². The Labute approximate surface area is 185 Å². The SMILES string of the molecule is CC[C@@H](C(=O)NC)N(Cc1ccc(C)cc1)C(=O)CN(c1ccc(C)cc1)S(C)(=O)=O. The van der Waals surface area contributed by atoms with E-state index in [1.807, 2.05) is 45.0 Å². The number of nitrogens with one attached hydrogen (secondary N) is 1. The smallest absolute Gasteiger partial charge is 0.244 e. The average Bonchev–Trinajstić information content (AvgIpc) is 2.72. The number of rotatable bonds is 9. The van der Waals surface area contributed by atoms with Gasteiger partial charge >= 0.3 is 0 Å². The van der Waals surface area contributed by atoms with Gasteiger partial charge in [-0.3, -0.25) is 13.9 Å². The van der Waals surface area contributed by atoms with Crippen LogP contribution in [-0.4, -0.2) is 51.0 Å². The second-order valence-electron chi connectivity index (χ2n) is 7.65. The van der Waals surface area contributed by atoms with Crippen molar-refractivity contribution in [3.63, 3.8) is 0 Å². The van der Waals surface area contributed by atoms with Gasteiger partial charge in [-0.2, -0.15) is 0 Å². The van der Waals surface area contributed by atoms with Gasteiger partial charge in [-0.1, -0.05) is 54.4 Å². The van der Waals surface area contributed by atoms with E-state index in [1.165, 1.54) is 11.9 Å². The monoisotopic (exact) mass is 445 g/mol. The van der Waals surface area contributed by atoms with E-state index in [2.05, 4.69) is 5.32 Å². The topological polar surface area (TPSA) is 86.8 Å². The van der Waals surface area contributed by atoms with E-state index in [0.29, 0.717) is 12.1 Å².